The van der Waals surface area contributed by atoms with Gasteiger partial charge in [0, 0.05) is 16.7 Å². The summed E-state index contributed by atoms with van der Waals surface area (Å²) >= 11 is 0. The fraction of sp³-hybridized carbons (Fsp3) is 0.0526. The minimum absolute atomic E-state index is 0.779. The molecule has 7 aromatic rings. The van der Waals surface area contributed by atoms with Crippen LogP contribution in [0.1, 0.15) is 0 Å². The Morgan fingerprint density at radius 2 is 0.854 bits per heavy atom. The number of rotatable bonds is 3. The summed E-state index contributed by atoms with van der Waals surface area (Å²) < 4.78 is 0. The summed E-state index contributed by atoms with van der Waals surface area (Å²) in [4.78, 5) is 10.7. The van der Waals surface area contributed by atoms with Crippen molar-refractivity contribution >= 4 is 40.0 Å². The third kappa shape index (κ3) is 3.63. The first-order valence-electron chi connectivity index (χ1n) is 14.2. The average Bonchev–Trinajstić information content (AvgIpc) is 3.29. The molecule has 1 aliphatic heterocycles. The number of benzene rings is 6. The Morgan fingerprint density at radius 3 is 1.51 bits per heavy atom. The molecule has 0 saturated heterocycles. The molecule has 8 rings (SSSR count). The topological polar surface area (TPSA) is 25.8 Å². The number of aromatic nitrogens is 2. The van der Waals surface area contributed by atoms with Crippen molar-refractivity contribution in [2.24, 2.45) is 0 Å². The van der Waals surface area contributed by atoms with E-state index in [4.69, 9.17) is 9.97 Å². The van der Waals surface area contributed by atoms with E-state index >= 15 is 0 Å². The van der Waals surface area contributed by atoms with E-state index in [1.165, 1.54) is 48.6 Å². The molecule has 0 radical (unpaired) electrons. The molecule has 6 aromatic carbocycles. The zero-order valence-electron chi connectivity index (χ0n) is 23.1. The molecule has 0 N–H and O–H groups in total. The van der Waals surface area contributed by atoms with E-state index in [1.54, 1.807) is 0 Å². The standard InChI is InChI=1S/C38H28N2Si/c1-41(2)36-32-20-12-10-18-30(32)29-17-9-11-19-31(29)33(36)35-37(41)34(39-38(40-35)28-15-7-4-8-16-28)27-23-21-26(22-24-27)25-13-5-3-6-14-25/h3-24H,1-2H3. The second kappa shape index (κ2) is 9.08. The van der Waals surface area contributed by atoms with Crippen molar-refractivity contribution in [3.63, 3.8) is 0 Å². The van der Waals surface area contributed by atoms with Crippen LogP contribution in [0.5, 0.6) is 0 Å². The SMILES string of the molecule is C[Si]1(C)c2c(-c3ccc(-c4ccccc4)cc3)nc(-c3ccccc3)nc2-c2c1c1ccccc1c1ccccc21. The predicted molar refractivity (Wildman–Crippen MR) is 176 cm³/mol. The highest BCUT2D eigenvalue weighted by Gasteiger charge is 2.44. The summed E-state index contributed by atoms with van der Waals surface area (Å²) in [7, 11) is -2.22. The van der Waals surface area contributed by atoms with E-state index < -0.39 is 8.07 Å². The Labute approximate surface area is 241 Å². The molecule has 0 saturated carbocycles. The highest BCUT2D eigenvalue weighted by molar-refractivity contribution is 7.06. The van der Waals surface area contributed by atoms with Crippen LogP contribution in [0.4, 0.5) is 0 Å². The Kier molecular flexibility index (Phi) is 5.31. The van der Waals surface area contributed by atoms with Crippen LogP contribution in [0.3, 0.4) is 0 Å². The lowest BCUT2D eigenvalue weighted by molar-refractivity contribution is 1.20. The Bertz CT molecular complexity index is 2100. The van der Waals surface area contributed by atoms with Gasteiger partial charge >= 0.3 is 0 Å². The van der Waals surface area contributed by atoms with E-state index in [9.17, 15) is 0 Å². The van der Waals surface area contributed by atoms with Crippen LogP contribution in [0.25, 0.3) is 66.6 Å². The molecule has 0 aliphatic carbocycles. The molecule has 0 spiro atoms. The maximum absolute atomic E-state index is 5.39. The van der Waals surface area contributed by atoms with Gasteiger partial charge in [0.05, 0.1) is 11.4 Å². The summed E-state index contributed by atoms with van der Waals surface area (Å²) in [6.07, 6.45) is 0. The van der Waals surface area contributed by atoms with E-state index in [-0.39, 0.29) is 0 Å². The normalized spacial score (nSPS) is 13.3. The molecule has 1 aliphatic rings. The second-order valence-corrected chi connectivity index (χ2v) is 15.6. The highest BCUT2D eigenvalue weighted by Crippen LogP contribution is 2.41. The highest BCUT2D eigenvalue weighted by atomic mass is 28.3. The van der Waals surface area contributed by atoms with Gasteiger partial charge in [-0.2, -0.15) is 0 Å². The van der Waals surface area contributed by atoms with Crippen molar-refractivity contribution in [2.75, 3.05) is 0 Å². The molecule has 0 bridgehead atoms. The summed E-state index contributed by atoms with van der Waals surface area (Å²) in [5.74, 6) is 0.779. The van der Waals surface area contributed by atoms with E-state index in [0.29, 0.717) is 0 Å². The quantitative estimate of drug-likeness (QED) is 0.166. The maximum atomic E-state index is 5.39. The van der Waals surface area contributed by atoms with Gasteiger partial charge in [0.25, 0.3) is 0 Å². The molecule has 0 amide bonds. The largest absolute Gasteiger partial charge is 0.228 e. The van der Waals surface area contributed by atoms with Crippen LogP contribution in [-0.2, 0) is 0 Å². The molecule has 2 nitrogen and oxygen atoms in total. The molecule has 0 unspecified atom stereocenters. The minimum atomic E-state index is -2.22. The zero-order chi connectivity index (χ0) is 27.6. The van der Waals surface area contributed by atoms with Crippen molar-refractivity contribution < 1.29 is 0 Å². The van der Waals surface area contributed by atoms with Crippen molar-refractivity contribution in [3.8, 4) is 45.0 Å². The maximum Gasteiger partial charge on any atom is 0.160 e. The third-order valence-electron chi connectivity index (χ3n) is 8.63. The van der Waals surface area contributed by atoms with Gasteiger partial charge < -0.3 is 0 Å². The first-order chi connectivity index (χ1) is 20.1. The lowest BCUT2D eigenvalue weighted by Gasteiger charge is -2.23. The summed E-state index contributed by atoms with van der Waals surface area (Å²) in [5.41, 5.74) is 8.08. The fourth-order valence-corrected chi connectivity index (χ4v) is 10.4. The average molecular weight is 541 g/mol. The van der Waals surface area contributed by atoms with Crippen LogP contribution in [-0.4, -0.2) is 18.0 Å². The van der Waals surface area contributed by atoms with Crippen LogP contribution in [0, 0.1) is 0 Å². The van der Waals surface area contributed by atoms with Crippen LogP contribution >= 0.6 is 0 Å². The smallest absolute Gasteiger partial charge is 0.160 e. The Hall–Kier alpha value is -4.86. The minimum Gasteiger partial charge on any atom is -0.228 e. The molecule has 1 aromatic heterocycles. The predicted octanol–water partition coefficient (Wildman–Crippen LogP) is 8.59. The van der Waals surface area contributed by atoms with Gasteiger partial charge in [0.1, 0.15) is 8.07 Å². The van der Waals surface area contributed by atoms with E-state index in [2.05, 4.69) is 140 Å². The molecule has 2 heterocycles. The van der Waals surface area contributed by atoms with E-state index in [0.717, 1.165) is 28.3 Å². The van der Waals surface area contributed by atoms with Gasteiger partial charge in [-0.25, -0.2) is 9.97 Å². The van der Waals surface area contributed by atoms with Gasteiger partial charge in [0.15, 0.2) is 5.82 Å². The summed E-state index contributed by atoms with van der Waals surface area (Å²) in [5, 5.41) is 8.05. The van der Waals surface area contributed by atoms with Crippen LogP contribution in [0.15, 0.2) is 133 Å². The molecule has 0 atom stereocenters. The van der Waals surface area contributed by atoms with Gasteiger partial charge in [-0.3, -0.25) is 0 Å². The van der Waals surface area contributed by atoms with Crippen LogP contribution in [0.2, 0.25) is 13.1 Å². The van der Waals surface area contributed by atoms with Crippen LogP contribution < -0.4 is 10.4 Å². The van der Waals surface area contributed by atoms with Crippen molar-refractivity contribution in [1.82, 2.24) is 9.97 Å². The number of fused-ring (bicyclic) bond motifs is 8. The van der Waals surface area contributed by atoms with Gasteiger partial charge in [-0.15, -0.1) is 0 Å². The first kappa shape index (κ1) is 24.0. The lowest BCUT2D eigenvalue weighted by atomic mass is 9.94. The molecule has 41 heavy (non-hydrogen) atoms. The van der Waals surface area contributed by atoms with E-state index in [1.807, 2.05) is 6.07 Å². The molecular weight excluding hydrogens is 513 g/mol. The second-order valence-electron chi connectivity index (χ2n) is 11.4. The number of nitrogens with zero attached hydrogens (tertiary/aromatic N) is 2. The molecule has 194 valence electrons. The summed E-state index contributed by atoms with van der Waals surface area (Å²) in [6.45, 7) is 4.96. The number of hydrogen-bond donors (Lipinski definition) is 0. The van der Waals surface area contributed by atoms with Gasteiger partial charge in [-0.1, -0.05) is 147 Å². The molecular formula is C38H28N2Si. The molecule has 0 fully saturated rings. The summed E-state index contributed by atoms with van der Waals surface area (Å²) in [6, 6.07) is 47.6. The zero-order valence-corrected chi connectivity index (χ0v) is 24.1. The monoisotopic (exact) mass is 540 g/mol. The third-order valence-corrected chi connectivity index (χ3v) is 12.1. The van der Waals surface area contributed by atoms with Crippen molar-refractivity contribution in [3.05, 3.63) is 133 Å². The fourth-order valence-electron chi connectivity index (χ4n) is 6.77. The Balaban J connectivity index is 1.46. The van der Waals surface area contributed by atoms with Crippen molar-refractivity contribution in [2.45, 2.75) is 13.1 Å². The molecule has 3 heteroatoms. The Morgan fingerprint density at radius 1 is 0.390 bits per heavy atom. The van der Waals surface area contributed by atoms with Gasteiger partial charge in [-0.05, 0) is 43.0 Å². The number of hydrogen-bond acceptors (Lipinski definition) is 2. The van der Waals surface area contributed by atoms with Crippen molar-refractivity contribution in [1.29, 1.82) is 0 Å². The lowest BCUT2D eigenvalue weighted by Crippen LogP contribution is -2.50. The van der Waals surface area contributed by atoms with Gasteiger partial charge in [0.2, 0.25) is 0 Å². The first-order valence-corrected chi connectivity index (χ1v) is 17.2.